The van der Waals surface area contributed by atoms with Crippen molar-refractivity contribution < 1.29 is 36.9 Å². The van der Waals surface area contributed by atoms with Crippen molar-refractivity contribution in [2.45, 2.75) is 38.1 Å². The molecule has 1 unspecified atom stereocenters. The molecule has 3 rings (SSSR count). The summed E-state index contributed by atoms with van der Waals surface area (Å²) in [4.78, 5) is 15.6. The molecule has 0 saturated carbocycles. The number of benzene rings is 1. The molecule has 6 nitrogen and oxygen atoms in total. The maximum atomic E-state index is 12.7. The number of alkyl halides is 3. The van der Waals surface area contributed by atoms with Crippen molar-refractivity contribution in [3.05, 3.63) is 47.1 Å². The first-order valence-corrected chi connectivity index (χ1v) is 9.55. The summed E-state index contributed by atoms with van der Waals surface area (Å²) in [6.45, 7) is 2.43. The summed E-state index contributed by atoms with van der Waals surface area (Å²) in [5, 5.41) is -0.271. The summed E-state index contributed by atoms with van der Waals surface area (Å²) in [5.41, 5.74) is -0.969. The highest BCUT2D eigenvalue weighted by atomic mass is 35.5. The molecule has 162 valence electrons. The smallest absolute Gasteiger partial charge is 0.417 e. The Hall–Kier alpha value is -2.52. The molecule has 10 heteroatoms. The first kappa shape index (κ1) is 22.2. The van der Waals surface area contributed by atoms with Crippen molar-refractivity contribution in [3.63, 3.8) is 0 Å². The predicted molar refractivity (Wildman–Crippen MR) is 101 cm³/mol. The lowest BCUT2D eigenvalue weighted by Gasteiger charge is -2.16. The quantitative estimate of drug-likeness (QED) is 0.556. The van der Waals surface area contributed by atoms with Crippen LogP contribution in [-0.2, 0) is 20.4 Å². The number of carbonyl (C=O) groups excluding carboxylic acids is 1. The van der Waals surface area contributed by atoms with Gasteiger partial charge in [-0.05, 0) is 50.1 Å². The third-order valence-corrected chi connectivity index (χ3v) is 4.52. The number of ether oxygens (including phenoxy) is 4. The first-order chi connectivity index (χ1) is 14.2. The Kier molecular flexibility index (Phi) is 7.04. The molecule has 1 aliphatic rings. The van der Waals surface area contributed by atoms with Gasteiger partial charge in [0.15, 0.2) is 6.10 Å². The molecule has 0 amide bonds. The molecule has 0 radical (unpaired) electrons. The third kappa shape index (κ3) is 5.99. The predicted octanol–water partition coefficient (Wildman–Crippen LogP) is 5.04. The summed E-state index contributed by atoms with van der Waals surface area (Å²) >= 11 is 5.82. The second kappa shape index (κ2) is 9.53. The molecule has 0 spiro atoms. The summed E-state index contributed by atoms with van der Waals surface area (Å²) in [7, 11) is 0. The van der Waals surface area contributed by atoms with Gasteiger partial charge in [0.2, 0.25) is 5.88 Å². The zero-order valence-electron chi connectivity index (χ0n) is 15.9. The standard InChI is InChI=1S/C20H19ClF3NO5/c1-12(19(26)28-11-16-3-2-8-27-16)29-14-4-6-15(7-5-14)30-18-17(21)9-13(10-25-18)20(22,23)24/h4-7,9-10,12,16H,2-3,8,11H2,1H3/t12?,16-/m1/s1. The summed E-state index contributed by atoms with van der Waals surface area (Å²) in [6, 6.07) is 6.84. The van der Waals surface area contributed by atoms with Gasteiger partial charge >= 0.3 is 12.1 Å². The molecule has 1 aromatic heterocycles. The van der Waals surface area contributed by atoms with Crippen LogP contribution in [0.15, 0.2) is 36.5 Å². The van der Waals surface area contributed by atoms with Crippen molar-refractivity contribution in [1.29, 1.82) is 0 Å². The normalized spacial score (nSPS) is 17.4. The number of carbonyl (C=O) groups is 1. The van der Waals surface area contributed by atoms with E-state index in [9.17, 15) is 18.0 Å². The van der Waals surface area contributed by atoms with Crippen molar-refractivity contribution in [1.82, 2.24) is 4.98 Å². The highest BCUT2D eigenvalue weighted by molar-refractivity contribution is 6.31. The van der Waals surface area contributed by atoms with Crippen LogP contribution in [0.1, 0.15) is 25.3 Å². The molecule has 1 saturated heterocycles. The highest BCUT2D eigenvalue weighted by Crippen LogP contribution is 2.34. The van der Waals surface area contributed by atoms with E-state index < -0.39 is 23.8 Å². The Balaban J connectivity index is 1.53. The zero-order chi connectivity index (χ0) is 21.7. The van der Waals surface area contributed by atoms with E-state index in [1.165, 1.54) is 24.3 Å². The molecular formula is C20H19ClF3NO5. The van der Waals surface area contributed by atoms with E-state index in [-0.39, 0.29) is 29.4 Å². The minimum absolute atomic E-state index is 0.0665. The van der Waals surface area contributed by atoms with E-state index in [0.29, 0.717) is 18.6 Å². The molecule has 0 bridgehead atoms. The van der Waals surface area contributed by atoms with Crippen LogP contribution in [0.5, 0.6) is 17.4 Å². The van der Waals surface area contributed by atoms with Crippen LogP contribution in [0.3, 0.4) is 0 Å². The van der Waals surface area contributed by atoms with Crippen molar-refractivity contribution in [2.24, 2.45) is 0 Å². The number of esters is 1. The summed E-state index contributed by atoms with van der Waals surface area (Å²) in [5.74, 6) is -0.00325. The van der Waals surface area contributed by atoms with Gasteiger partial charge < -0.3 is 18.9 Å². The Morgan fingerprint density at radius 1 is 1.30 bits per heavy atom. The molecule has 2 atom stereocenters. The van der Waals surface area contributed by atoms with E-state index in [1.54, 1.807) is 6.92 Å². The van der Waals surface area contributed by atoms with E-state index in [1.807, 2.05) is 0 Å². The molecule has 1 aromatic carbocycles. The largest absolute Gasteiger partial charge is 0.479 e. The van der Waals surface area contributed by atoms with Crippen LogP contribution in [0, 0.1) is 0 Å². The molecule has 1 fully saturated rings. The van der Waals surface area contributed by atoms with Gasteiger partial charge in [-0.3, -0.25) is 0 Å². The van der Waals surface area contributed by atoms with Gasteiger partial charge in [-0.2, -0.15) is 13.2 Å². The fourth-order valence-electron chi connectivity index (χ4n) is 2.67. The third-order valence-electron chi connectivity index (χ3n) is 4.25. The Morgan fingerprint density at radius 2 is 2.00 bits per heavy atom. The lowest BCUT2D eigenvalue weighted by molar-refractivity contribution is -0.154. The van der Waals surface area contributed by atoms with Crippen molar-refractivity contribution in [3.8, 4) is 17.4 Å². The van der Waals surface area contributed by atoms with Crippen molar-refractivity contribution >= 4 is 17.6 Å². The molecular weight excluding hydrogens is 427 g/mol. The van der Waals surface area contributed by atoms with Crippen LogP contribution >= 0.6 is 11.6 Å². The number of rotatable bonds is 7. The van der Waals surface area contributed by atoms with E-state index in [2.05, 4.69) is 4.98 Å². The zero-order valence-corrected chi connectivity index (χ0v) is 16.7. The van der Waals surface area contributed by atoms with Crippen LogP contribution in [-0.4, -0.2) is 36.4 Å². The second-order valence-corrected chi connectivity index (χ2v) is 7.01. The Bertz CT molecular complexity index is 870. The van der Waals surface area contributed by atoms with Crippen LogP contribution < -0.4 is 9.47 Å². The maximum absolute atomic E-state index is 12.7. The fourth-order valence-corrected chi connectivity index (χ4v) is 2.88. The molecule has 1 aliphatic heterocycles. The monoisotopic (exact) mass is 445 g/mol. The van der Waals surface area contributed by atoms with E-state index >= 15 is 0 Å². The lowest BCUT2D eigenvalue weighted by Crippen LogP contribution is -2.29. The average Bonchev–Trinajstić information content (AvgIpc) is 3.22. The Morgan fingerprint density at radius 3 is 2.60 bits per heavy atom. The fraction of sp³-hybridized carbons (Fsp3) is 0.400. The summed E-state index contributed by atoms with van der Waals surface area (Å²) < 4.78 is 59.5. The minimum Gasteiger partial charge on any atom is -0.479 e. The van der Waals surface area contributed by atoms with Crippen molar-refractivity contribution in [2.75, 3.05) is 13.2 Å². The number of pyridine rings is 1. The van der Waals surface area contributed by atoms with Gasteiger partial charge in [0.1, 0.15) is 23.1 Å². The Labute approximate surface area is 175 Å². The average molecular weight is 446 g/mol. The molecule has 2 aromatic rings. The topological polar surface area (TPSA) is 66.9 Å². The molecule has 30 heavy (non-hydrogen) atoms. The van der Waals surface area contributed by atoms with Crippen LogP contribution in [0.4, 0.5) is 13.2 Å². The number of aromatic nitrogens is 1. The lowest BCUT2D eigenvalue weighted by atomic mass is 10.2. The van der Waals surface area contributed by atoms with Gasteiger partial charge in [0.25, 0.3) is 0 Å². The van der Waals surface area contributed by atoms with Gasteiger partial charge in [-0.15, -0.1) is 0 Å². The van der Waals surface area contributed by atoms with Crippen LogP contribution in [0.25, 0.3) is 0 Å². The first-order valence-electron chi connectivity index (χ1n) is 9.18. The second-order valence-electron chi connectivity index (χ2n) is 6.61. The minimum atomic E-state index is -4.55. The van der Waals surface area contributed by atoms with E-state index in [4.69, 9.17) is 30.5 Å². The molecule has 0 aliphatic carbocycles. The van der Waals surface area contributed by atoms with Gasteiger partial charge in [0.05, 0.1) is 11.7 Å². The maximum Gasteiger partial charge on any atom is 0.417 e. The molecule has 0 N–H and O–H groups in total. The van der Waals surface area contributed by atoms with E-state index in [0.717, 1.165) is 18.9 Å². The number of halogens is 4. The SMILES string of the molecule is CC(Oc1ccc(Oc2ncc(C(F)(F)F)cc2Cl)cc1)C(=O)OC[C@H]1CCCO1. The van der Waals surface area contributed by atoms with Gasteiger partial charge in [-0.1, -0.05) is 11.6 Å². The van der Waals surface area contributed by atoms with Gasteiger partial charge in [-0.25, -0.2) is 9.78 Å². The van der Waals surface area contributed by atoms with Crippen LogP contribution in [0.2, 0.25) is 5.02 Å². The molecule has 2 heterocycles. The number of hydrogen-bond acceptors (Lipinski definition) is 6. The summed E-state index contributed by atoms with van der Waals surface area (Å²) in [6.07, 6.45) is -2.98. The number of hydrogen-bond donors (Lipinski definition) is 0. The number of nitrogens with zero attached hydrogens (tertiary/aromatic N) is 1. The highest BCUT2D eigenvalue weighted by Gasteiger charge is 2.31. The van der Waals surface area contributed by atoms with Gasteiger partial charge in [0, 0.05) is 12.8 Å².